The van der Waals surface area contributed by atoms with Crippen molar-refractivity contribution in [2.45, 2.75) is 11.8 Å². The fourth-order valence-electron chi connectivity index (χ4n) is 2.99. The van der Waals surface area contributed by atoms with Gasteiger partial charge in [-0.1, -0.05) is 6.07 Å². The van der Waals surface area contributed by atoms with Crippen LogP contribution < -0.4 is 9.88 Å². The first kappa shape index (κ1) is 17.4. The Hall–Kier alpha value is -2.41. The Morgan fingerprint density at radius 3 is 2.28 bits per heavy atom. The van der Waals surface area contributed by atoms with Gasteiger partial charge in [-0.2, -0.15) is 0 Å². The van der Waals surface area contributed by atoms with E-state index in [9.17, 15) is 13.2 Å². The molecule has 0 aliphatic carbocycles. The normalized spacial score (nSPS) is 15.3. The number of aromatic amines is 1. The highest BCUT2D eigenvalue weighted by atomic mass is 32.2. The second-order valence-electron chi connectivity index (χ2n) is 6.29. The van der Waals surface area contributed by atoms with E-state index < -0.39 is 9.84 Å². The van der Waals surface area contributed by atoms with Crippen LogP contribution in [0.2, 0.25) is 0 Å². The van der Waals surface area contributed by atoms with Gasteiger partial charge < -0.3 is 9.80 Å². The summed E-state index contributed by atoms with van der Waals surface area (Å²) in [5, 5.41) is 0. The van der Waals surface area contributed by atoms with Gasteiger partial charge in [0.1, 0.15) is 0 Å². The summed E-state index contributed by atoms with van der Waals surface area (Å²) in [4.78, 5) is 20.1. The SMILES string of the molecule is Cc1ccc(S(C)(=O)=O)cc1C(=O)N1CCN(c2cc[nH+]cc2)CC1. The Kier molecular flexibility index (Phi) is 4.76. The number of carbonyl (C=O) groups is 1. The van der Waals surface area contributed by atoms with Crippen molar-refractivity contribution in [3.8, 4) is 0 Å². The summed E-state index contributed by atoms with van der Waals surface area (Å²) in [6.07, 6.45) is 4.92. The number of aromatic nitrogens is 1. The Morgan fingerprint density at radius 2 is 1.68 bits per heavy atom. The van der Waals surface area contributed by atoms with E-state index >= 15 is 0 Å². The minimum atomic E-state index is -3.33. The molecule has 1 aromatic heterocycles. The van der Waals surface area contributed by atoms with Gasteiger partial charge >= 0.3 is 0 Å². The molecule has 1 aliphatic rings. The van der Waals surface area contributed by atoms with Gasteiger partial charge in [0.05, 0.1) is 4.90 Å². The lowest BCUT2D eigenvalue weighted by molar-refractivity contribution is -0.377. The number of aryl methyl sites for hydroxylation is 1. The number of anilines is 1. The number of hydrogen-bond donors (Lipinski definition) is 0. The van der Waals surface area contributed by atoms with E-state index in [0.29, 0.717) is 18.7 Å². The number of nitrogens with one attached hydrogen (secondary N) is 1. The largest absolute Gasteiger partial charge is 0.368 e. The number of rotatable bonds is 3. The summed E-state index contributed by atoms with van der Waals surface area (Å²) in [5.74, 6) is -0.107. The molecule has 0 unspecified atom stereocenters. The highest BCUT2D eigenvalue weighted by Gasteiger charge is 2.24. The van der Waals surface area contributed by atoms with Crippen molar-refractivity contribution in [1.29, 1.82) is 0 Å². The van der Waals surface area contributed by atoms with Crippen LogP contribution in [0, 0.1) is 6.92 Å². The number of sulfone groups is 1. The molecule has 1 aromatic carbocycles. The maximum atomic E-state index is 12.9. The van der Waals surface area contributed by atoms with Crippen LogP contribution in [-0.2, 0) is 9.84 Å². The van der Waals surface area contributed by atoms with Crippen LogP contribution in [-0.4, -0.2) is 51.7 Å². The van der Waals surface area contributed by atoms with E-state index in [1.807, 2.05) is 31.5 Å². The van der Waals surface area contributed by atoms with Crippen LogP contribution in [0.3, 0.4) is 0 Å². The van der Waals surface area contributed by atoms with Crippen LogP contribution in [0.5, 0.6) is 0 Å². The number of hydrogen-bond acceptors (Lipinski definition) is 4. The van der Waals surface area contributed by atoms with E-state index in [4.69, 9.17) is 0 Å². The molecule has 2 heterocycles. The minimum absolute atomic E-state index is 0.107. The van der Waals surface area contributed by atoms with Gasteiger partial charge in [0.2, 0.25) is 0 Å². The second kappa shape index (κ2) is 6.84. The quantitative estimate of drug-likeness (QED) is 0.824. The standard InChI is InChI=1S/C18H21N3O3S/c1-14-3-4-16(25(2,23)24)13-17(14)18(22)21-11-9-20(10-12-21)15-5-7-19-8-6-15/h3-8,13H,9-12H2,1-2H3/p+1. The van der Waals surface area contributed by atoms with Gasteiger partial charge in [0, 0.05) is 55.8 Å². The maximum absolute atomic E-state index is 12.9. The molecule has 6 nitrogen and oxygen atoms in total. The van der Waals surface area contributed by atoms with Crippen molar-refractivity contribution < 1.29 is 18.2 Å². The molecule has 0 saturated carbocycles. The lowest BCUT2D eigenvalue weighted by Gasteiger charge is -2.36. The molecule has 1 N–H and O–H groups in total. The number of benzene rings is 1. The lowest BCUT2D eigenvalue weighted by atomic mass is 10.1. The third-order valence-corrected chi connectivity index (χ3v) is 5.61. The average molecular weight is 360 g/mol. The Morgan fingerprint density at radius 1 is 1.04 bits per heavy atom. The number of piperazine rings is 1. The van der Waals surface area contributed by atoms with Crippen LogP contribution in [0.1, 0.15) is 15.9 Å². The molecule has 25 heavy (non-hydrogen) atoms. The van der Waals surface area contributed by atoms with Crippen molar-refractivity contribution in [3.05, 3.63) is 53.9 Å². The summed E-state index contributed by atoms with van der Waals surface area (Å²) >= 11 is 0. The van der Waals surface area contributed by atoms with Crippen LogP contribution in [0.15, 0.2) is 47.6 Å². The predicted molar refractivity (Wildman–Crippen MR) is 95.4 cm³/mol. The van der Waals surface area contributed by atoms with Crippen molar-refractivity contribution >= 4 is 21.4 Å². The smallest absolute Gasteiger partial charge is 0.254 e. The first-order chi connectivity index (χ1) is 11.9. The zero-order chi connectivity index (χ0) is 18.0. The molecule has 0 atom stereocenters. The molecule has 0 spiro atoms. The molecular weight excluding hydrogens is 338 g/mol. The molecule has 1 saturated heterocycles. The number of amides is 1. The predicted octanol–water partition coefficient (Wildman–Crippen LogP) is 1.18. The molecule has 7 heteroatoms. The summed E-state index contributed by atoms with van der Waals surface area (Å²) < 4.78 is 23.5. The van der Waals surface area contributed by atoms with E-state index in [-0.39, 0.29) is 10.8 Å². The zero-order valence-corrected chi connectivity index (χ0v) is 15.2. The molecular formula is C18H22N3O3S+. The molecule has 1 aliphatic heterocycles. The Bertz CT molecular complexity index is 874. The van der Waals surface area contributed by atoms with E-state index in [0.717, 1.165) is 30.6 Å². The lowest BCUT2D eigenvalue weighted by Crippen LogP contribution is -2.49. The summed E-state index contributed by atoms with van der Waals surface area (Å²) in [6.45, 7) is 4.55. The molecule has 0 bridgehead atoms. The summed E-state index contributed by atoms with van der Waals surface area (Å²) in [6, 6.07) is 8.76. The van der Waals surface area contributed by atoms with Gasteiger partial charge in [-0.15, -0.1) is 0 Å². The van der Waals surface area contributed by atoms with Gasteiger partial charge in [-0.3, -0.25) is 4.79 Å². The number of pyridine rings is 1. The molecule has 1 fully saturated rings. The molecule has 0 radical (unpaired) electrons. The van der Waals surface area contributed by atoms with Gasteiger partial charge in [0.25, 0.3) is 5.91 Å². The van der Waals surface area contributed by atoms with Crippen molar-refractivity contribution in [1.82, 2.24) is 4.90 Å². The fourth-order valence-corrected chi connectivity index (χ4v) is 3.64. The van der Waals surface area contributed by atoms with Crippen molar-refractivity contribution in [2.75, 3.05) is 37.3 Å². The molecule has 1 amide bonds. The van der Waals surface area contributed by atoms with Crippen molar-refractivity contribution in [2.24, 2.45) is 0 Å². The number of nitrogens with zero attached hydrogens (tertiary/aromatic N) is 2. The summed E-state index contributed by atoms with van der Waals surface area (Å²) in [5.41, 5.74) is 2.38. The Labute approximate surface area is 148 Å². The van der Waals surface area contributed by atoms with Gasteiger partial charge in [-0.25, -0.2) is 13.4 Å². The highest BCUT2D eigenvalue weighted by molar-refractivity contribution is 7.90. The van der Waals surface area contributed by atoms with Crippen LogP contribution in [0.4, 0.5) is 5.69 Å². The van der Waals surface area contributed by atoms with Crippen LogP contribution in [0.25, 0.3) is 0 Å². The first-order valence-corrected chi connectivity index (χ1v) is 10.1. The topological polar surface area (TPSA) is 71.8 Å². The molecule has 2 aromatic rings. The second-order valence-corrected chi connectivity index (χ2v) is 8.30. The average Bonchev–Trinajstić information content (AvgIpc) is 2.61. The van der Waals surface area contributed by atoms with E-state index in [2.05, 4.69) is 9.88 Å². The third kappa shape index (κ3) is 3.82. The molecule has 3 rings (SSSR count). The van der Waals surface area contributed by atoms with Crippen LogP contribution >= 0.6 is 0 Å². The van der Waals surface area contributed by atoms with E-state index in [1.54, 1.807) is 17.0 Å². The number of carbonyl (C=O) groups excluding carboxylic acids is 1. The minimum Gasteiger partial charge on any atom is -0.368 e. The van der Waals surface area contributed by atoms with E-state index in [1.165, 1.54) is 6.07 Å². The zero-order valence-electron chi connectivity index (χ0n) is 14.4. The van der Waals surface area contributed by atoms with Gasteiger partial charge in [0.15, 0.2) is 22.2 Å². The third-order valence-electron chi connectivity index (χ3n) is 4.50. The maximum Gasteiger partial charge on any atom is 0.254 e. The first-order valence-electron chi connectivity index (χ1n) is 8.17. The summed E-state index contributed by atoms with van der Waals surface area (Å²) in [7, 11) is -3.33. The molecule has 132 valence electrons. The highest BCUT2D eigenvalue weighted by Crippen LogP contribution is 2.20. The van der Waals surface area contributed by atoms with Gasteiger partial charge in [-0.05, 0) is 24.6 Å². The Balaban J connectivity index is 1.75. The van der Waals surface area contributed by atoms with Crippen molar-refractivity contribution in [3.63, 3.8) is 0 Å². The fraction of sp³-hybridized carbons (Fsp3) is 0.333. The monoisotopic (exact) mass is 360 g/mol. The number of H-pyrrole nitrogens is 1.